The molecule has 4 aliphatic carbocycles. The summed E-state index contributed by atoms with van der Waals surface area (Å²) in [6.45, 7) is 13.4. The fraction of sp³-hybridized carbons (Fsp3) is 0.591. The molecule has 0 amide bonds. The summed E-state index contributed by atoms with van der Waals surface area (Å²) in [5.74, 6) is 1.47. The molecule has 0 heterocycles. The SMILES string of the molecule is C=C(C)C(=O)O.C=CC(=O)OC.C=CC(=O)OC1(C)C2CC3CC(C2)CC1C3. The molecule has 0 aromatic heterocycles. The van der Waals surface area contributed by atoms with Crippen molar-refractivity contribution in [1.29, 1.82) is 0 Å². The van der Waals surface area contributed by atoms with E-state index in [2.05, 4.69) is 31.4 Å². The van der Waals surface area contributed by atoms with Crippen molar-refractivity contribution >= 4 is 17.9 Å². The maximum absolute atomic E-state index is 11.5. The highest BCUT2D eigenvalue weighted by Gasteiger charge is 2.56. The van der Waals surface area contributed by atoms with Crippen molar-refractivity contribution in [1.82, 2.24) is 0 Å². The maximum atomic E-state index is 11.5. The van der Waals surface area contributed by atoms with Crippen LogP contribution in [0.15, 0.2) is 37.5 Å². The van der Waals surface area contributed by atoms with Gasteiger partial charge in [-0.05, 0) is 69.6 Å². The fourth-order valence-corrected chi connectivity index (χ4v) is 4.63. The molecule has 4 bridgehead atoms. The van der Waals surface area contributed by atoms with Gasteiger partial charge < -0.3 is 14.6 Å². The number of carbonyl (C=O) groups is 3. The van der Waals surface area contributed by atoms with Gasteiger partial charge in [0.05, 0.1) is 7.11 Å². The molecular formula is C22H32O6. The highest BCUT2D eigenvalue weighted by atomic mass is 16.6. The van der Waals surface area contributed by atoms with Crippen molar-refractivity contribution in [3.63, 3.8) is 0 Å². The molecule has 6 heteroatoms. The number of ether oxygens (including phenoxy) is 2. The van der Waals surface area contributed by atoms with E-state index >= 15 is 0 Å². The first kappa shape index (κ1) is 23.7. The third-order valence-electron chi connectivity index (χ3n) is 5.98. The molecule has 0 aromatic rings. The van der Waals surface area contributed by atoms with Crippen LogP contribution in [0.1, 0.15) is 46.0 Å². The molecule has 156 valence electrons. The van der Waals surface area contributed by atoms with Crippen LogP contribution in [0.25, 0.3) is 0 Å². The highest BCUT2D eigenvalue weighted by Crippen LogP contribution is 2.59. The van der Waals surface area contributed by atoms with Crippen LogP contribution in [-0.2, 0) is 23.9 Å². The van der Waals surface area contributed by atoms with E-state index in [1.54, 1.807) is 0 Å². The number of esters is 2. The van der Waals surface area contributed by atoms with Crippen LogP contribution >= 0.6 is 0 Å². The molecule has 4 aliphatic rings. The number of methoxy groups -OCH3 is 1. The molecule has 0 unspecified atom stereocenters. The van der Waals surface area contributed by atoms with Crippen molar-refractivity contribution < 1.29 is 29.0 Å². The topological polar surface area (TPSA) is 89.9 Å². The second kappa shape index (κ2) is 10.2. The van der Waals surface area contributed by atoms with Crippen LogP contribution in [0.4, 0.5) is 0 Å². The highest BCUT2D eigenvalue weighted by molar-refractivity contribution is 5.84. The van der Waals surface area contributed by atoms with Gasteiger partial charge in [0.2, 0.25) is 0 Å². The van der Waals surface area contributed by atoms with Gasteiger partial charge in [-0.15, -0.1) is 0 Å². The van der Waals surface area contributed by atoms with E-state index in [-0.39, 0.29) is 17.1 Å². The molecule has 4 saturated carbocycles. The summed E-state index contributed by atoms with van der Waals surface area (Å²) in [6, 6.07) is 0. The second-order valence-corrected chi connectivity index (χ2v) is 7.93. The minimum atomic E-state index is -0.935. The summed E-state index contributed by atoms with van der Waals surface area (Å²) in [6.07, 6.45) is 8.93. The van der Waals surface area contributed by atoms with Gasteiger partial charge in [-0.3, -0.25) is 0 Å². The summed E-state index contributed by atoms with van der Waals surface area (Å²) in [5, 5.41) is 7.89. The van der Waals surface area contributed by atoms with E-state index in [1.807, 2.05) is 0 Å². The van der Waals surface area contributed by atoms with Gasteiger partial charge in [0.15, 0.2) is 0 Å². The molecule has 28 heavy (non-hydrogen) atoms. The Morgan fingerprint density at radius 1 is 0.964 bits per heavy atom. The van der Waals surface area contributed by atoms with Gasteiger partial charge in [-0.25, -0.2) is 14.4 Å². The van der Waals surface area contributed by atoms with Gasteiger partial charge >= 0.3 is 17.9 Å². The minimum Gasteiger partial charge on any atom is -0.478 e. The van der Waals surface area contributed by atoms with Crippen molar-refractivity contribution in [2.24, 2.45) is 23.7 Å². The number of carboxylic acid groups (broad SMARTS) is 1. The van der Waals surface area contributed by atoms with Crippen molar-refractivity contribution in [2.75, 3.05) is 7.11 Å². The predicted molar refractivity (Wildman–Crippen MR) is 106 cm³/mol. The van der Waals surface area contributed by atoms with E-state index in [0.29, 0.717) is 11.8 Å². The summed E-state index contributed by atoms with van der Waals surface area (Å²) < 4.78 is 9.85. The predicted octanol–water partition coefficient (Wildman–Crippen LogP) is 3.92. The number of carboxylic acids is 1. The molecule has 4 fully saturated rings. The lowest BCUT2D eigenvalue weighted by Crippen LogP contribution is -2.57. The first-order valence-corrected chi connectivity index (χ1v) is 9.51. The number of rotatable bonds is 4. The monoisotopic (exact) mass is 392 g/mol. The lowest BCUT2D eigenvalue weighted by Gasteiger charge is -2.58. The molecule has 4 rings (SSSR count). The Labute approximate surface area is 167 Å². The zero-order valence-corrected chi connectivity index (χ0v) is 17.1. The molecular weight excluding hydrogens is 360 g/mol. The number of hydrogen-bond donors (Lipinski definition) is 1. The second-order valence-electron chi connectivity index (χ2n) is 7.93. The zero-order chi connectivity index (χ0) is 21.5. The molecule has 0 saturated heterocycles. The first-order valence-electron chi connectivity index (χ1n) is 9.51. The van der Waals surface area contributed by atoms with Crippen LogP contribution < -0.4 is 0 Å². The molecule has 0 spiro atoms. The maximum Gasteiger partial charge on any atom is 0.330 e. The Hall–Kier alpha value is -2.37. The smallest absolute Gasteiger partial charge is 0.330 e. The van der Waals surface area contributed by atoms with Crippen molar-refractivity contribution in [3.8, 4) is 0 Å². The van der Waals surface area contributed by atoms with Gasteiger partial charge in [0.25, 0.3) is 0 Å². The Kier molecular flexibility index (Phi) is 8.66. The third-order valence-corrected chi connectivity index (χ3v) is 5.98. The standard InChI is InChI=1S/C14H20O2.2C4H6O2/c1-3-13(15)16-14(2)11-5-9-4-10(7-11)8-12(14)6-9;1-3-4(5)6-2;1-3(2)4(5)6/h3,9-12H,1,4-8H2,2H3;3H,1H2,2H3;1H2,2H3,(H,5,6). The molecule has 0 radical (unpaired) electrons. The van der Waals surface area contributed by atoms with Gasteiger partial charge in [-0.1, -0.05) is 19.7 Å². The average Bonchev–Trinajstić information content (AvgIpc) is 2.65. The first-order chi connectivity index (χ1) is 13.1. The number of aliphatic carboxylic acids is 1. The number of carbonyl (C=O) groups excluding carboxylic acids is 2. The summed E-state index contributed by atoms with van der Waals surface area (Å²) in [7, 11) is 1.31. The van der Waals surface area contributed by atoms with Gasteiger partial charge in [0.1, 0.15) is 5.60 Å². The largest absolute Gasteiger partial charge is 0.478 e. The summed E-state index contributed by atoms with van der Waals surface area (Å²) in [5.41, 5.74) is -0.0198. The average molecular weight is 392 g/mol. The third kappa shape index (κ3) is 6.08. The quantitative estimate of drug-likeness (QED) is 0.576. The Bertz CT molecular complexity index is 590. The lowest BCUT2D eigenvalue weighted by atomic mass is 9.50. The van der Waals surface area contributed by atoms with Crippen LogP contribution in [0.3, 0.4) is 0 Å². The Morgan fingerprint density at radius 3 is 1.61 bits per heavy atom. The summed E-state index contributed by atoms with van der Waals surface area (Å²) in [4.78, 5) is 30.9. The van der Waals surface area contributed by atoms with Crippen molar-refractivity contribution in [2.45, 2.75) is 51.6 Å². The van der Waals surface area contributed by atoms with Crippen LogP contribution in [0.2, 0.25) is 0 Å². The lowest BCUT2D eigenvalue weighted by molar-refractivity contribution is -0.198. The van der Waals surface area contributed by atoms with Crippen LogP contribution in [0, 0.1) is 23.7 Å². The summed E-state index contributed by atoms with van der Waals surface area (Å²) >= 11 is 0. The molecule has 1 N–H and O–H groups in total. The number of hydrogen-bond acceptors (Lipinski definition) is 5. The molecule has 6 nitrogen and oxygen atoms in total. The van der Waals surface area contributed by atoms with E-state index in [1.165, 1.54) is 52.2 Å². The van der Waals surface area contributed by atoms with E-state index in [0.717, 1.165) is 17.9 Å². The van der Waals surface area contributed by atoms with Gasteiger partial charge in [0, 0.05) is 17.7 Å². The molecule has 0 atom stereocenters. The normalized spacial score (nSPS) is 31.1. The van der Waals surface area contributed by atoms with Crippen LogP contribution in [-0.4, -0.2) is 35.7 Å². The minimum absolute atomic E-state index is 0.176. The van der Waals surface area contributed by atoms with Crippen molar-refractivity contribution in [3.05, 3.63) is 37.5 Å². The van der Waals surface area contributed by atoms with E-state index in [4.69, 9.17) is 9.84 Å². The zero-order valence-electron chi connectivity index (χ0n) is 17.1. The molecule has 0 aliphatic heterocycles. The molecule has 0 aromatic carbocycles. The fourth-order valence-electron chi connectivity index (χ4n) is 4.63. The van der Waals surface area contributed by atoms with E-state index < -0.39 is 11.9 Å². The van der Waals surface area contributed by atoms with E-state index in [9.17, 15) is 14.4 Å². The Morgan fingerprint density at radius 2 is 1.36 bits per heavy atom. The Balaban J connectivity index is 0.000000274. The van der Waals surface area contributed by atoms with Crippen LogP contribution in [0.5, 0.6) is 0 Å². The van der Waals surface area contributed by atoms with Gasteiger partial charge in [-0.2, -0.15) is 0 Å².